The fraction of sp³-hybridized carbons (Fsp3) is 0.400. The standard InChI is InChI=1S/3C10H15O2P.Al/c3*1-9(2)8-13(11,12)10-6-4-3-5-7-10;/h3*3-7,9H,8H2,1-2H3,(H,11,12);/q;;;+3/p-3. The van der Waals surface area contributed by atoms with Crippen LogP contribution in [0.15, 0.2) is 91.0 Å². The lowest BCUT2D eigenvalue weighted by Crippen LogP contribution is -2.32. The monoisotopic (exact) mass is 618 g/mol. The Kier molecular flexibility index (Phi) is 12.3. The van der Waals surface area contributed by atoms with E-state index < -0.39 is 37.3 Å². The Labute approximate surface area is 245 Å². The van der Waals surface area contributed by atoms with E-state index in [9.17, 15) is 13.7 Å². The van der Waals surface area contributed by atoms with Crippen molar-refractivity contribution in [1.29, 1.82) is 0 Å². The molecule has 0 aliphatic heterocycles. The minimum atomic E-state index is -3.58. The zero-order valence-corrected chi connectivity index (χ0v) is 28.2. The molecule has 0 saturated heterocycles. The summed E-state index contributed by atoms with van der Waals surface area (Å²) in [4.78, 5) is 0. The van der Waals surface area contributed by atoms with E-state index in [4.69, 9.17) is 10.7 Å². The molecule has 0 saturated carbocycles. The summed E-state index contributed by atoms with van der Waals surface area (Å²) in [6.07, 6.45) is 0.729. The fourth-order valence-electron chi connectivity index (χ4n) is 4.51. The van der Waals surface area contributed by atoms with Crippen LogP contribution < -0.4 is 15.9 Å². The minimum Gasteiger partial charge on any atom is -0.402 e. The van der Waals surface area contributed by atoms with Crippen molar-refractivity contribution in [2.24, 2.45) is 17.8 Å². The first-order valence-electron chi connectivity index (χ1n) is 13.8. The van der Waals surface area contributed by atoms with Crippen LogP contribution in [0, 0.1) is 17.8 Å². The second-order valence-electron chi connectivity index (χ2n) is 11.4. The van der Waals surface area contributed by atoms with Gasteiger partial charge in [-0.15, -0.1) is 0 Å². The van der Waals surface area contributed by atoms with Crippen LogP contribution in [0.2, 0.25) is 0 Å². The molecule has 0 radical (unpaired) electrons. The molecule has 3 unspecified atom stereocenters. The predicted molar refractivity (Wildman–Crippen MR) is 169 cm³/mol. The summed E-state index contributed by atoms with van der Waals surface area (Å²) in [5.41, 5.74) is 0. The number of rotatable bonds is 15. The summed E-state index contributed by atoms with van der Waals surface area (Å²) in [6, 6.07) is 27.0. The molecule has 3 atom stereocenters. The van der Waals surface area contributed by atoms with Gasteiger partial charge in [-0.1, -0.05) is 96.1 Å². The SMILES string of the molecule is CC(C)CP(=O)([O][Al]([O]P(=O)(CC(C)C)c1ccccc1)[O]P(=O)(CC(C)C)c1ccccc1)c1ccccc1. The molecule has 0 spiro atoms. The Morgan fingerprint density at radius 1 is 0.475 bits per heavy atom. The molecule has 0 aliphatic carbocycles. The molecule has 0 amide bonds. The third-order valence-corrected chi connectivity index (χ3v) is 19.1. The molecule has 0 fully saturated rings. The van der Waals surface area contributed by atoms with E-state index in [1.807, 2.05) is 96.1 Å². The van der Waals surface area contributed by atoms with E-state index in [1.165, 1.54) is 0 Å². The van der Waals surface area contributed by atoms with Crippen LogP contribution in [0.25, 0.3) is 0 Å². The summed E-state index contributed by atoms with van der Waals surface area (Å²) in [6.45, 7) is 11.8. The van der Waals surface area contributed by atoms with E-state index in [-0.39, 0.29) is 36.2 Å². The zero-order valence-electron chi connectivity index (χ0n) is 24.4. The lowest BCUT2D eigenvalue weighted by molar-refractivity contribution is 0.309. The van der Waals surface area contributed by atoms with Crippen molar-refractivity contribution in [3.63, 3.8) is 0 Å². The Hall–Kier alpha value is -1.24. The third-order valence-electron chi connectivity index (χ3n) is 6.03. The van der Waals surface area contributed by atoms with E-state index in [0.29, 0.717) is 15.9 Å². The van der Waals surface area contributed by atoms with Crippen molar-refractivity contribution in [2.75, 3.05) is 18.5 Å². The van der Waals surface area contributed by atoms with Gasteiger partial charge in [-0.05, 0) is 54.2 Å². The van der Waals surface area contributed by atoms with Gasteiger partial charge in [0.25, 0.3) is 0 Å². The van der Waals surface area contributed by atoms with Crippen molar-refractivity contribution in [3.05, 3.63) is 91.0 Å². The van der Waals surface area contributed by atoms with Gasteiger partial charge in [0, 0.05) is 34.4 Å². The van der Waals surface area contributed by atoms with Gasteiger partial charge < -0.3 is 10.7 Å². The highest BCUT2D eigenvalue weighted by Gasteiger charge is 2.50. The lowest BCUT2D eigenvalue weighted by Gasteiger charge is -2.30. The Balaban J connectivity index is 2.14. The van der Waals surface area contributed by atoms with E-state index in [1.54, 1.807) is 36.4 Å². The molecule has 216 valence electrons. The maximum Gasteiger partial charge on any atom is 0.922 e. The van der Waals surface area contributed by atoms with E-state index in [0.717, 1.165) is 0 Å². The van der Waals surface area contributed by atoms with Crippen molar-refractivity contribution in [2.45, 2.75) is 41.5 Å². The largest absolute Gasteiger partial charge is 0.922 e. The van der Waals surface area contributed by atoms with Crippen LogP contribution in [-0.2, 0) is 24.4 Å². The second kappa shape index (κ2) is 14.8. The van der Waals surface area contributed by atoms with Crippen LogP contribution in [0.3, 0.4) is 0 Å². The van der Waals surface area contributed by atoms with Gasteiger partial charge in [0.05, 0.1) is 0 Å². The van der Waals surface area contributed by atoms with Gasteiger partial charge in [0.15, 0.2) is 0 Å². The summed E-state index contributed by atoms with van der Waals surface area (Å²) in [5.74, 6) is 0.108. The molecule has 0 heterocycles. The van der Waals surface area contributed by atoms with Gasteiger partial charge in [-0.25, -0.2) is 0 Å². The molecular weight excluding hydrogens is 576 g/mol. The van der Waals surface area contributed by atoms with E-state index in [2.05, 4.69) is 0 Å². The summed E-state index contributed by atoms with van der Waals surface area (Å²) < 4.78 is 63.1. The number of hydrogen-bond acceptors (Lipinski definition) is 6. The summed E-state index contributed by atoms with van der Waals surface area (Å²) >= 11 is -3.58. The molecular formula is C30H42AlO6P3. The number of benzene rings is 3. The molecule has 0 N–H and O–H groups in total. The van der Waals surface area contributed by atoms with Gasteiger partial charge in [0.2, 0.25) is 22.1 Å². The second-order valence-corrected chi connectivity index (χ2v) is 21.2. The van der Waals surface area contributed by atoms with Crippen molar-refractivity contribution >= 4 is 53.2 Å². The Morgan fingerprint density at radius 2 is 0.700 bits per heavy atom. The van der Waals surface area contributed by atoms with Crippen LogP contribution >= 0.6 is 22.1 Å². The first kappa shape index (κ1) is 33.3. The predicted octanol–water partition coefficient (Wildman–Crippen LogP) is 7.80. The maximum absolute atomic E-state index is 14.6. The Bertz CT molecular complexity index is 1170. The molecule has 6 nitrogen and oxygen atoms in total. The highest BCUT2D eigenvalue weighted by Crippen LogP contribution is 2.57. The fourth-order valence-corrected chi connectivity index (χ4v) is 17.2. The van der Waals surface area contributed by atoms with Crippen LogP contribution in [0.4, 0.5) is 0 Å². The molecule has 10 heteroatoms. The van der Waals surface area contributed by atoms with Crippen molar-refractivity contribution in [3.8, 4) is 0 Å². The van der Waals surface area contributed by atoms with Crippen molar-refractivity contribution < 1.29 is 24.4 Å². The first-order chi connectivity index (χ1) is 18.9. The lowest BCUT2D eigenvalue weighted by atomic mass is 10.3. The molecule has 40 heavy (non-hydrogen) atoms. The highest BCUT2D eigenvalue weighted by molar-refractivity contribution is 7.71. The Morgan fingerprint density at radius 3 is 0.900 bits per heavy atom. The van der Waals surface area contributed by atoms with Crippen LogP contribution in [0.1, 0.15) is 41.5 Å². The summed E-state index contributed by atoms with van der Waals surface area (Å²) in [5, 5.41) is 1.60. The maximum atomic E-state index is 14.6. The summed E-state index contributed by atoms with van der Waals surface area (Å²) in [7, 11) is -10.6. The zero-order chi connectivity index (χ0) is 29.4. The van der Waals surface area contributed by atoms with Gasteiger partial charge in [-0.2, -0.15) is 0 Å². The molecule has 0 aromatic heterocycles. The first-order valence-corrected chi connectivity index (χ1v) is 20.7. The average molecular weight is 619 g/mol. The normalized spacial score (nSPS) is 16.4. The van der Waals surface area contributed by atoms with Crippen molar-refractivity contribution in [1.82, 2.24) is 0 Å². The molecule has 0 bridgehead atoms. The third kappa shape index (κ3) is 9.39. The van der Waals surface area contributed by atoms with Crippen LogP contribution in [0.5, 0.6) is 0 Å². The molecule has 3 aromatic carbocycles. The van der Waals surface area contributed by atoms with E-state index >= 15 is 0 Å². The number of hydrogen-bond donors (Lipinski definition) is 0. The highest BCUT2D eigenvalue weighted by atomic mass is 31.2. The quantitative estimate of drug-likeness (QED) is 0.128. The van der Waals surface area contributed by atoms with Gasteiger partial charge >= 0.3 is 15.1 Å². The van der Waals surface area contributed by atoms with Gasteiger partial charge in [0.1, 0.15) is 0 Å². The molecule has 3 rings (SSSR count). The smallest absolute Gasteiger partial charge is 0.402 e. The topological polar surface area (TPSA) is 78.9 Å². The minimum absolute atomic E-state index is 0.0360. The average Bonchev–Trinajstić information content (AvgIpc) is 2.88. The molecule has 3 aromatic rings. The van der Waals surface area contributed by atoms with Gasteiger partial charge in [-0.3, -0.25) is 13.7 Å². The molecule has 0 aliphatic rings. The van der Waals surface area contributed by atoms with Crippen LogP contribution in [-0.4, -0.2) is 33.6 Å².